The summed E-state index contributed by atoms with van der Waals surface area (Å²) in [6.07, 6.45) is 7.00. The van der Waals surface area contributed by atoms with Crippen molar-refractivity contribution in [2.75, 3.05) is 0 Å². The number of carbonyl (C=O) groups excluding carboxylic acids is 1. The molecule has 2 heterocycles. The Kier molecular flexibility index (Phi) is 3.92. The van der Waals surface area contributed by atoms with Crippen LogP contribution in [-0.2, 0) is 14.3 Å². The highest BCUT2D eigenvalue weighted by molar-refractivity contribution is 5.85. The molecule has 0 spiro atoms. The van der Waals surface area contributed by atoms with Gasteiger partial charge in [-0.2, -0.15) is 0 Å². The first kappa shape index (κ1) is 13.8. The Morgan fingerprint density at radius 3 is 2.40 bits per heavy atom. The van der Waals surface area contributed by atoms with Crippen LogP contribution in [0.25, 0.3) is 0 Å². The van der Waals surface area contributed by atoms with E-state index in [-0.39, 0.29) is 0 Å². The normalized spacial score (nSPS) is 35.5. The zero-order valence-corrected chi connectivity index (χ0v) is 11.3. The fourth-order valence-corrected chi connectivity index (χ4v) is 3.32. The molecule has 0 aromatic heterocycles. The molecule has 0 aromatic rings. The number of carbonyl (C=O) groups is 1. The molecule has 1 aliphatic carbocycles. The van der Waals surface area contributed by atoms with Crippen LogP contribution in [0.4, 0.5) is 0 Å². The van der Waals surface area contributed by atoms with E-state index in [2.05, 4.69) is 4.74 Å². The van der Waals surface area contributed by atoms with Gasteiger partial charge in [-0.25, -0.2) is 4.79 Å². The van der Waals surface area contributed by atoms with Gasteiger partial charge in [0.15, 0.2) is 6.29 Å². The van der Waals surface area contributed by atoms with Crippen molar-refractivity contribution >= 4 is 5.97 Å². The number of ether oxygens (including phenoxy) is 2. The van der Waals surface area contributed by atoms with Crippen molar-refractivity contribution in [2.45, 2.75) is 57.2 Å². The predicted octanol–water partition coefficient (Wildman–Crippen LogP) is 1.40. The minimum atomic E-state index is -1.25. The second kappa shape index (κ2) is 5.68. The van der Waals surface area contributed by atoms with Crippen molar-refractivity contribution < 1.29 is 24.5 Å². The lowest BCUT2D eigenvalue weighted by Crippen LogP contribution is -2.34. The Hall–Kier alpha value is -1.17. The van der Waals surface area contributed by atoms with Crippen molar-refractivity contribution in [3.63, 3.8) is 0 Å². The van der Waals surface area contributed by atoms with E-state index in [1.54, 1.807) is 0 Å². The highest BCUT2D eigenvalue weighted by Gasteiger charge is 2.36. The summed E-state index contributed by atoms with van der Waals surface area (Å²) >= 11 is 0. The van der Waals surface area contributed by atoms with Crippen molar-refractivity contribution in [3.8, 4) is 0 Å². The predicted molar refractivity (Wildman–Crippen MR) is 70.3 cm³/mol. The Morgan fingerprint density at radius 1 is 1.05 bits per heavy atom. The average molecular weight is 280 g/mol. The van der Waals surface area contributed by atoms with Crippen molar-refractivity contribution in [1.29, 1.82) is 0 Å². The molecule has 3 aliphatic rings. The molecule has 0 amide bonds. The molecule has 2 aliphatic heterocycles. The van der Waals surface area contributed by atoms with Crippen LogP contribution in [-0.4, -0.2) is 34.9 Å². The van der Waals surface area contributed by atoms with Crippen LogP contribution in [0.3, 0.4) is 0 Å². The lowest BCUT2D eigenvalue weighted by atomic mass is 9.82. The largest absolute Gasteiger partial charge is 0.429 e. The van der Waals surface area contributed by atoms with Crippen molar-refractivity contribution in [2.24, 2.45) is 5.92 Å². The molecule has 3 atom stereocenters. The highest BCUT2D eigenvalue weighted by Crippen LogP contribution is 2.36. The van der Waals surface area contributed by atoms with Crippen LogP contribution < -0.4 is 0 Å². The topological polar surface area (TPSA) is 76.0 Å². The molecule has 20 heavy (non-hydrogen) atoms. The van der Waals surface area contributed by atoms with E-state index in [0.29, 0.717) is 17.9 Å². The minimum Gasteiger partial charge on any atom is -0.429 e. The maximum Gasteiger partial charge on any atom is 0.333 e. The molecule has 0 aromatic carbocycles. The van der Waals surface area contributed by atoms with Crippen LogP contribution in [0.15, 0.2) is 23.3 Å². The summed E-state index contributed by atoms with van der Waals surface area (Å²) < 4.78 is 10.2. The Bertz CT molecular complexity index is 447. The molecule has 2 N–H and O–H groups in total. The summed E-state index contributed by atoms with van der Waals surface area (Å²) in [5.74, 6) is -0.160. The molecule has 1 fully saturated rings. The standard InChI is InChI=1S/C15H20O5/c16-13-8-11(15(18)20-13)12-7-6-10(14(17)19-12)9-4-2-1-3-5-9/h6,8-9,12,14-15,17-18H,1-5,7H2. The van der Waals surface area contributed by atoms with Gasteiger partial charge in [0.2, 0.25) is 6.29 Å². The van der Waals surface area contributed by atoms with Gasteiger partial charge in [0, 0.05) is 11.6 Å². The van der Waals surface area contributed by atoms with Gasteiger partial charge in [-0.3, -0.25) is 0 Å². The van der Waals surface area contributed by atoms with Gasteiger partial charge >= 0.3 is 5.97 Å². The van der Waals surface area contributed by atoms with Gasteiger partial charge in [-0.1, -0.05) is 25.3 Å². The number of aliphatic hydroxyl groups is 2. The molecular formula is C15H20O5. The lowest BCUT2D eigenvalue weighted by molar-refractivity contribution is -0.155. The molecule has 5 heteroatoms. The summed E-state index contributed by atoms with van der Waals surface area (Å²) in [6.45, 7) is 0. The maximum atomic E-state index is 11.1. The van der Waals surface area contributed by atoms with Crippen LogP contribution in [0, 0.1) is 5.92 Å². The summed E-state index contributed by atoms with van der Waals surface area (Å²) in [7, 11) is 0. The van der Waals surface area contributed by atoms with Crippen molar-refractivity contribution in [3.05, 3.63) is 23.3 Å². The third-order valence-electron chi connectivity index (χ3n) is 4.39. The van der Waals surface area contributed by atoms with E-state index in [9.17, 15) is 15.0 Å². The molecule has 0 radical (unpaired) electrons. The summed E-state index contributed by atoms with van der Waals surface area (Å²) in [4.78, 5) is 11.1. The van der Waals surface area contributed by atoms with Crippen LogP contribution >= 0.6 is 0 Å². The smallest absolute Gasteiger partial charge is 0.333 e. The van der Waals surface area contributed by atoms with Crippen LogP contribution in [0.5, 0.6) is 0 Å². The summed E-state index contributed by atoms with van der Waals surface area (Å²) in [6, 6.07) is 0. The maximum absolute atomic E-state index is 11.1. The Labute approximate surface area is 117 Å². The van der Waals surface area contributed by atoms with Crippen LogP contribution in [0.1, 0.15) is 38.5 Å². The number of aliphatic hydroxyl groups excluding tert-OH is 2. The zero-order valence-electron chi connectivity index (χ0n) is 11.3. The molecule has 5 nitrogen and oxygen atoms in total. The van der Waals surface area contributed by atoms with Gasteiger partial charge in [-0.05, 0) is 30.8 Å². The minimum absolute atomic E-state index is 0.396. The Balaban J connectivity index is 1.70. The molecule has 1 saturated carbocycles. The second-order valence-electron chi connectivity index (χ2n) is 5.69. The summed E-state index contributed by atoms with van der Waals surface area (Å²) in [5, 5.41) is 19.8. The fraction of sp³-hybridized carbons (Fsp3) is 0.667. The van der Waals surface area contributed by atoms with E-state index >= 15 is 0 Å². The third kappa shape index (κ3) is 2.66. The van der Waals surface area contributed by atoms with Gasteiger partial charge in [0.25, 0.3) is 0 Å². The van der Waals surface area contributed by atoms with E-state index in [1.807, 2.05) is 6.08 Å². The fourth-order valence-electron chi connectivity index (χ4n) is 3.32. The molecule has 0 bridgehead atoms. The molecular weight excluding hydrogens is 260 g/mol. The van der Waals surface area contributed by atoms with Crippen LogP contribution in [0.2, 0.25) is 0 Å². The van der Waals surface area contributed by atoms with E-state index < -0.39 is 24.7 Å². The Morgan fingerprint density at radius 2 is 1.80 bits per heavy atom. The van der Waals surface area contributed by atoms with E-state index in [1.165, 1.54) is 25.3 Å². The molecule has 3 unspecified atom stereocenters. The third-order valence-corrected chi connectivity index (χ3v) is 4.39. The lowest BCUT2D eigenvalue weighted by Gasteiger charge is -2.34. The SMILES string of the molecule is O=C1C=C(C2CC=C(C3CCCCC3)C(O)O2)C(O)O1. The van der Waals surface area contributed by atoms with Gasteiger partial charge < -0.3 is 19.7 Å². The quantitative estimate of drug-likeness (QED) is 0.590. The van der Waals surface area contributed by atoms with Gasteiger partial charge in [0.1, 0.15) is 0 Å². The first-order valence-electron chi connectivity index (χ1n) is 7.29. The second-order valence-corrected chi connectivity index (χ2v) is 5.69. The summed E-state index contributed by atoms with van der Waals surface area (Å²) in [5.41, 5.74) is 1.36. The monoisotopic (exact) mass is 280 g/mol. The first-order valence-corrected chi connectivity index (χ1v) is 7.29. The molecule has 3 rings (SSSR count). The first-order chi connectivity index (χ1) is 9.65. The number of hydrogen-bond acceptors (Lipinski definition) is 5. The number of cyclic esters (lactones) is 1. The zero-order chi connectivity index (χ0) is 14.1. The molecule has 110 valence electrons. The number of hydrogen-bond donors (Lipinski definition) is 2. The highest BCUT2D eigenvalue weighted by atomic mass is 16.6. The van der Waals surface area contributed by atoms with Gasteiger partial charge in [0.05, 0.1) is 6.10 Å². The average Bonchev–Trinajstić information content (AvgIpc) is 2.78. The number of esters is 1. The van der Waals surface area contributed by atoms with E-state index in [0.717, 1.165) is 18.4 Å². The van der Waals surface area contributed by atoms with Crippen molar-refractivity contribution in [1.82, 2.24) is 0 Å². The van der Waals surface area contributed by atoms with Gasteiger partial charge in [-0.15, -0.1) is 0 Å². The number of rotatable bonds is 2. The molecule has 0 saturated heterocycles. The van der Waals surface area contributed by atoms with E-state index in [4.69, 9.17) is 4.74 Å².